The van der Waals surface area contributed by atoms with Crippen molar-refractivity contribution in [3.63, 3.8) is 0 Å². The van der Waals surface area contributed by atoms with Crippen LogP contribution >= 0.6 is 11.6 Å². The average Bonchev–Trinajstić information content (AvgIpc) is 2.90. The average molecular weight is 379 g/mol. The number of carbonyl (C=O) groups excluding carboxylic acids is 3. The summed E-state index contributed by atoms with van der Waals surface area (Å²) in [5.41, 5.74) is 1.67. The molecule has 0 bridgehead atoms. The summed E-state index contributed by atoms with van der Waals surface area (Å²) < 4.78 is 9.90. The second-order valence-electron chi connectivity index (χ2n) is 5.63. The normalized spacial score (nSPS) is 11.6. The number of para-hydroxylation sites is 1. The molecule has 1 heterocycles. The van der Waals surface area contributed by atoms with Crippen LogP contribution in [0.15, 0.2) is 24.3 Å². The number of ether oxygens (including phenoxy) is 2. The van der Waals surface area contributed by atoms with Crippen LogP contribution in [0.25, 0.3) is 0 Å². The van der Waals surface area contributed by atoms with Crippen LogP contribution in [0.1, 0.15) is 39.0 Å². The number of rotatable bonds is 5. The van der Waals surface area contributed by atoms with Gasteiger partial charge in [-0.2, -0.15) is 0 Å². The number of nitrogens with one attached hydrogen (secondary N) is 2. The van der Waals surface area contributed by atoms with Crippen molar-refractivity contribution in [3.05, 3.63) is 51.8 Å². The van der Waals surface area contributed by atoms with E-state index in [-0.39, 0.29) is 11.3 Å². The third kappa shape index (κ3) is 4.05. The fourth-order valence-electron chi connectivity index (χ4n) is 2.43. The monoisotopic (exact) mass is 378 g/mol. The van der Waals surface area contributed by atoms with E-state index in [0.29, 0.717) is 22.0 Å². The minimum atomic E-state index is -1.07. The first-order chi connectivity index (χ1) is 12.3. The Hall–Kier alpha value is -2.80. The standard InChI is InChI=1S/C18H19ClN2O5/c1-9-14(17(23)25-4)10(2)20-15(9)18(24)26-11(3)16(22)21-13-8-6-5-7-12(13)19/h5-8,11,20H,1-4H3,(H,21,22). The van der Waals surface area contributed by atoms with E-state index < -0.39 is 23.9 Å². The first-order valence-electron chi connectivity index (χ1n) is 7.80. The molecule has 1 amide bonds. The Morgan fingerprint density at radius 1 is 1.15 bits per heavy atom. The van der Waals surface area contributed by atoms with Crippen LogP contribution in [0.5, 0.6) is 0 Å². The number of hydrogen-bond acceptors (Lipinski definition) is 5. The highest BCUT2D eigenvalue weighted by molar-refractivity contribution is 6.33. The van der Waals surface area contributed by atoms with E-state index in [2.05, 4.69) is 10.3 Å². The molecular weight excluding hydrogens is 360 g/mol. The molecule has 0 spiro atoms. The summed E-state index contributed by atoms with van der Waals surface area (Å²) in [7, 11) is 1.26. The van der Waals surface area contributed by atoms with Gasteiger partial charge in [-0.3, -0.25) is 4.79 Å². The molecule has 7 nitrogen and oxygen atoms in total. The van der Waals surface area contributed by atoms with Gasteiger partial charge in [0.15, 0.2) is 6.10 Å². The maximum absolute atomic E-state index is 12.4. The van der Waals surface area contributed by atoms with Crippen LogP contribution in [-0.4, -0.2) is 36.0 Å². The van der Waals surface area contributed by atoms with E-state index in [1.165, 1.54) is 14.0 Å². The fourth-order valence-corrected chi connectivity index (χ4v) is 2.62. The van der Waals surface area contributed by atoms with Crippen molar-refractivity contribution in [1.29, 1.82) is 0 Å². The first-order valence-corrected chi connectivity index (χ1v) is 8.17. The van der Waals surface area contributed by atoms with Crippen molar-refractivity contribution in [2.24, 2.45) is 0 Å². The second-order valence-corrected chi connectivity index (χ2v) is 6.04. The van der Waals surface area contributed by atoms with Gasteiger partial charge in [0, 0.05) is 5.69 Å². The van der Waals surface area contributed by atoms with Crippen LogP contribution in [0, 0.1) is 13.8 Å². The number of hydrogen-bond donors (Lipinski definition) is 2. The molecule has 1 aromatic carbocycles. The maximum atomic E-state index is 12.4. The minimum absolute atomic E-state index is 0.0975. The number of esters is 2. The smallest absolute Gasteiger partial charge is 0.355 e. The zero-order chi connectivity index (χ0) is 19.4. The molecule has 8 heteroatoms. The van der Waals surface area contributed by atoms with Crippen molar-refractivity contribution in [1.82, 2.24) is 4.98 Å². The number of H-pyrrole nitrogens is 1. The van der Waals surface area contributed by atoms with Crippen molar-refractivity contribution >= 4 is 35.1 Å². The third-order valence-corrected chi connectivity index (χ3v) is 4.15. The molecule has 2 rings (SSSR count). The van der Waals surface area contributed by atoms with Gasteiger partial charge in [-0.05, 0) is 38.5 Å². The number of methoxy groups -OCH3 is 1. The van der Waals surface area contributed by atoms with E-state index in [1.807, 2.05) is 0 Å². The number of halogens is 1. The topological polar surface area (TPSA) is 97.5 Å². The molecule has 26 heavy (non-hydrogen) atoms. The van der Waals surface area contributed by atoms with Crippen molar-refractivity contribution in [2.75, 3.05) is 12.4 Å². The molecule has 1 atom stereocenters. The highest BCUT2D eigenvalue weighted by atomic mass is 35.5. The Balaban J connectivity index is 2.11. The Kier molecular flexibility index (Phi) is 6.05. The molecule has 0 aliphatic rings. The lowest BCUT2D eigenvalue weighted by atomic mass is 10.1. The van der Waals surface area contributed by atoms with Crippen LogP contribution in [0.3, 0.4) is 0 Å². The third-order valence-electron chi connectivity index (χ3n) is 3.82. The molecule has 0 aliphatic heterocycles. The van der Waals surface area contributed by atoms with Gasteiger partial charge in [0.1, 0.15) is 5.69 Å². The summed E-state index contributed by atoms with van der Waals surface area (Å²) in [4.78, 5) is 39.2. The van der Waals surface area contributed by atoms with Gasteiger partial charge < -0.3 is 19.8 Å². The number of aromatic nitrogens is 1. The molecule has 0 saturated heterocycles. The molecular formula is C18H19ClN2O5. The van der Waals surface area contributed by atoms with E-state index in [4.69, 9.17) is 21.1 Å². The Morgan fingerprint density at radius 2 is 1.81 bits per heavy atom. The predicted octanol–water partition coefficient (Wildman–Crippen LogP) is 3.26. The van der Waals surface area contributed by atoms with Gasteiger partial charge in [-0.1, -0.05) is 23.7 Å². The SMILES string of the molecule is COC(=O)c1c(C)[nH]c(C(=O)OC(C)C(=O)Nc2ccccc2Cl)c1C. The summed E-state index contributed by atoms with van der Waals surface area (Å²) >= 11 is 5.99. The van der Waals surface area contributed by atoms with E-state index in [0.717, 1.165) is 0 Å². The summed E-state index contributed by atoms with van der Waals surface area (Å²) in [6.45, 7) is 4.68. The Labute approximate surface area is 155 Å². The fraction of sp³-hybridized carbons (Fsp3) is 0.278. The summed E-state index contributed by atoms with van der Waals surface area (Å²) in [5.74, 6) is -1.83. The number of anilines is 1. The van der Waals surface area contributed by atoms with Crippen LogP contribution < -0.4 is 5.32 Å². The Morgan fingerprint density at radius 3 is 2.42 bits per heavy atom. The molecule has 0 fully saturated rings. The van der Waals surface area contributed by atoms with Crippen LogP contribution in [0.4, 0.5) is 5.69 Å². The van der Waals surface area contributed by atoms with Crippen molar-refractivity contribution in [2.45, 2.75) is 26.9 Å². The summed E-state index contributed by atoms with van der Waals surface area (Å²) in [6, 6.07) is 6.72. The molecule has 138 valence electrons. The van der Waals surface area contributed by atoms with Gasteiger partial charge in [0.05, 0.1) is 23.4 Å². The number of aromatic amines is 1. The number of aryl methyl sites for hydroxylation is 1. The molecule has 0 aliphatic carbocycles. The zero-order valence-corrected chi connectivity index (χ0v) is 15.6. The predicted molar refractivity (Wildman–Crippen MR) is 96.6 cm³/mol. The molecule has 1 unspecified atom stereocenters. The van der Waals surface area contributed by atoms with E-state index in [1.54, 1.807) is 38.1 Å². The lowest BCUT2D eigenvalue weighted by Gasteiger charge is -2.14. The number of benzene rings is 1. The summed E-state index contributed by atoms with van der Waals surface area (Å²) in [5, 5.41) is 2.97. The van der Waals surface area contributed by atoms with Gasteiger partial charge >= 0.3 is 11.9 Å². The molecule has 2 N–H and O–H groups in total. The van der Waals surface area contributed by atoms with Crippen molar-refractivity contribution < 1.29 is 23.9 Å². The number of amides is 1. The lowest BCUT2D eigenvalue weighted by Crippen LogP contribution is -2.30. The molecule has 1 aromatic heterocycles. The first kappa shape index (κ1) is 19.5. The molecule has 0 saturated carbocycles. The van der Waals surface area contributed by atoms with Crippen LogP contribution in [0.2, 0.25) is 5.02 Å². The second kappa shape index (κ2) is 8.05. The highest BCUT2D eigenvalue weighted by Gasteiger charge is 2.26. The van der Waals surface area contributed by atoms with Crippen molar-refractivity contribution in [3.8, 4) is 0 Å². The maximum Gasteiger partial charge on any atom is 0.355 e. The molecule has 2 aromatic rings. The number of carbonyl (C=O) groups is 3. The lowest BCUT2D eigenvalue weighted by molar-refractivity contribution is -0.123. The zero-order valence-electron chi connectivity index (χ0n) is 14.8. The Bertz CT molecular complexity index is 859. The minimum Gasteiger partial charge on any atom is -0.465 e. The molecule has 0 radical (unpaired) electrons. The van der Waals surface area contributed by atoms with Gasteiger partial charge in [0.25, 0.3) is 5.91 Å². The van der Waals surface area contributed by atoms with Crippen LogP contribution in [-0.2, 0) is 14.3 Å². The van der Waals surface area contributed by atoms with E-state index >= 15 is 0 Å². The quantitative estimate of drug-likeness (QED) is 0.778. The van der Waals surface area contributed by atoms with Gasteiger partial charge in [0.2, 0.25) is 0 Å². The van der Waals surface area contributed by atoms with E-state index in [9.17, 15) is 14.4 Å². The van der Waals surface area contributed by atoms with Gasteiger partial charge in [-0.15, -0.1) is 0 Å². The summed E-state index contributed by atoms with van der Waals surface area (Å²) in [6.07, 6.45) is -1.07. The van der Waals surface area contributed by atoms with Gasteiger partial charge in [-0.25, -0.2) is 9.59 Å². The largest absolute Gasteiger partial charge is 0.465 e. The highest BCUT2D eigenvalue weighted by Crippen LogP contribution is 2.22.